The molecule has 4 aromatic carbocycles. The van der Waals surface area contributed by atoms with Gasteiger partial charge < -0.3 is 15.4 Å². The Kier molecular flexibility index (Phi) is 9.40. The Morgan fingerprint density at radius 2 is 1.73 bits per heavy atom. The molecule has 0 radical (unpaired) electrons. The predicted octanol–water partition coefficient (Wildman–Crippen LogP) is 7.15. The van der Waals surface area contributed by atoms with Crippen LogP contribution in [0.4, 0.5) is 18.9 Å². The second-order valence-corrected chi connectivity index (χ2v) is 10.7. The standard InChI is InChI=1S/C31H25ClF3N5O3S/c1-2-43-22-13-11-21(12-14-22)40-27(17-36-29(42)24-9-5-7-19-6-3-4-8-23(19)24)38-39-30(40)44-18-28(41)37-26-16-20(31(33,34)35)10-15-25(26)32/h3-16H,2,17-18H2,1H3,(H,36,42)(H,37,41). The van der Waals surface area contributed by atoms with Crippen LogP contribution >= 0.6 is 23.4 Å². The quantitative estimate of drug-likeness (QED) is 0.158. The molecule has 0 spiro atoms. The molecule has 0 aliphatic carbocycles. The average Bonchev–Trinajstić information content (AvgIpc) is 3.42. The van der Waals surface area contributed by atoms with Crippen molar-refractivity contribution in [3.05, 3.63) is 107 Å². The SMILES string of the molecule is CCOc1ccc(-n2c(CNC(=O)c3cccc4ccccc34)nnc2SCC(=O)Nc2cc(C(F)(F)F)ccc2Cl)cc1. The third kappa shape index (κ3) is 7.14. The molecule has 8 nitrogen and oxygen atoms in total. The minimum Gasteiger partial charge on any atom is -0.494 e. The second kappa shape index (κ2) is 13.4. The lowest BCUT2D eigenvalue weighted by Crippen LogP contribution is -2.25. The van der Waals surface area contributed by atoms with Crippen molar-refractivity contribution in [2.75, 3.05) is 17.7 Å². The van der Waals surface area contributed by atoms with Crippen molar-refractivity contribution in [3.8, 4) is 11.4 Å². The van der Waals surface area contributed by atoms with Crippen molar-refractivity contribution in [1.29, 1.82) is 0 Å². The zero-order valence-electron chi connectivity index (χ0n) is 23.2. The van der Waals surface area contributed by atoms with Crippen LogP contribution in [-0.4, -0.2) is 38.9 Å². The lowest BCUT2D eigenvalue weighted by molar-refractivity contribution is -0.137. The van der Waals surface area contributed by atoms with Crippen LogP contribution in [0.25, 0.3) is 16.5 Å². The van der Waals surface area contributed by atoms with Crippen LogP contribution in [0.1, 0.15) is 28.7 Å². The third-order valence-corrected chi connectivity index (χ3v) is 7.71. The number of alkyl halides is 3. The van der Waals surface area contributed by atoms with E-state index in [1.807, 2.05) is 43.3 Å². The van der Waals surface area contributed by atoms with Gasteiger partial charge in [-0.3, -0.25) is 14.2 Å². The Balaban J connectivity index is 1.36. The molecule has 44 heavy (non-hydrogen) atoms. The van der Waals surface area contributed by atoms with Gasteiger partial charge >= 0.3 is 6.18 Å². The number of ether oxygens (including phenoxy) is 1. The molecule has 0 unspecified atom stereocenters. The number of halogens is 4. The normalized spacial score (nSPS) is 11.4. The molecule has 2 amide bonds. The van der Waals surface area contributed by atoms with Crippen LogP contribution in [0.5, 0.6) is 5.75 Å². The lowest BCUT2D eigenvalue weighted by Gasteiger charge is -2.13. The fourth-order valence-electron chi connectivity index (χ4n) is 4.42. The van der Waals surface area contributed by atoms with Crippen LogP contribution in [0.3, 0.4) is 0 Å². The number of carbonyl (C=O) groups is 2. The summed E-state index contributed by atoms with van der Waals surface area (Å²) in [7, 11) is 0. The van der Waals surface area contributed by atoms with E-state index in [2.05, 4.69) is 20.8 Å². The molecule has 1 heterocycles. The molecule has 0 fully saturated rings. The summed E-state index contributed by atoms with van der Waals surface area (Å²) in [5.74, 6) is -0.0458. The summed E-state index contributed by atoms with van der Waals surface area (Å²) in [6.07, 6.45) is -4.59. The minimum absolute atomic E-state index is 0.0227. The number of aromatic nitrogens is 3. The van der Waals surface area contributed by atoms with Crippen LogP contribution in [0.15, 0.2) is 90.1 Å². The highest BCUT2D eigenvalue weighted by molar-refractivity contribution is 7.99. The van der Waals surface area contributed by atoms with E-state index < -0.39 is 17.6 Å². The fourth-order valence-corrected chi connectivity index (χ4v) is 5.35. The number of anilines is 1. The lowest BCUT2D eigenvalue weighted by atomic mass is 10.0. The Bertz CT molecular complexity index is 1810. The number of hydrogen-bond donors (Lipinski definition) is 2. The van der Waals surface area contributed by atoms with Crippen molar-refractivity contribution >= 4 is 51.6 Å². The summed E-state index contributed by atoms with van der Waals surface area (Å²) >= 11 is 7.05. The Hall–Kier alpha value is -4.55. The molecule has 13 heteroatoms. The number of benzene rings is 4. The molecule has 5 rings (SSSR count). The highest BCUT2D eigenvalue weighted by Gasteiger charge is 2.31. The van der Waals surface area contributed by atoms with Gasteiger partial charge in [0.1, 0.15) is 5.75 Å². The van der Waals surface area contributed by atoms with Gasteiger partial charge in [-0.15, -0.1) is 10.2 Å². The molecular weight excluding hydrogens is 615 g/mol. The highest BCUT2D eigenvalue weighted by Crippen LogP contribution is 2.34. The largest absolute Gasteiger partial charge is 0.494 e. The van der Waals surface area contributed by atoms with E-state index in [1.165, 1.54) is 0 Å². The second-order valence-electron chi connectivity index (χ2n) is 9.40. The number of hydrogen-bond acceptors (Lipinski definition) is 6. The first-order chi connectivity index (χ1) is 21.1. The molecule has 5 aromatic rings. The fraction of sp³-hybridized carbons (Fsp3) is 0.161. The number of nitrogens with one attached hydrogen (secondary N) is 2. The molecule has 0 saturated carbocycles. The highest BCUT2D eigenvalue weighted by atomic mass is 35.5. The minimum atomic E-state index is -4.59. The smallest absolute Gasteiger partial charge is 0.416 e. The van der Waals surface area contributed by atoms with Gasteiger partial charge in [0.15, 0.2) is 11.0 Å². The van der Waals surface area contributed by atoms with Crippen molar-refractivity contribution in [1.82, 2.24) is 20.1 Å². The van der Waals surface area contributed by atoms with Gasteiger partial charge in [-0.05, 0) is 66.2 Å². The molecule has 0 atom stereocenters. The monoisotopic (exact) mass is 639 g/mol. The molecule has 226 valence electrons. The van der Waals surface area contributed by atoms with Gasteiger partial charge in [-0.2, -0.15) is 13.2 Å². The molecule has 0 bridgehead atoms. The average molecular weight is 640 g/mol. The maximum Gasteiger partial charge on any atom is 0.416 e. The number of fused-ring (bicyclic) bond motifs is 1. The molecule has 0 aliphatic rings. The van der Waals surface area contributed by atoms with Crippen molar-refractivity contribution in [3.63, 3.8) is 0 Å². The van der Waals surface area contributed by atoms with E-state index in [9.17, 15) is 22.8 Å². The van der Waals surface area contributed by atoms with Gasteiger partial charge in [-0.1, -0.05) is 59.8 Å². The number of rotatable bonds is 10. The number of amides is 2. The molecule has 0 saturated heterocycles. The van der Waals surface area contributed by atoms with E-state index in [4.69, 9.17) is 16.3 Å². The Morgan fingerprint density at radius 1 is 0.977 bits per heavy atom. The van der Waals surface area contributed by atoms with E-state index in [1.54, 1.807) is 34.9 Å². The molecule has 2 N–H and O–H groups in total. The first-order valence-corrected chi connectivity index (χ1v) is 14.7. The van der Waals surface area contributed by atoms with E-state index >= 15 is 0 Å². The van der Waals surface area contributed by atoms with Crippen LogP contribution in [0.2, 0.25) is 5.02 Å². The summed E-state index contributed by atoms with van der Waals surface area (Å²) in [5.41, 5.74) is 0.0682. The van der Waals surface area contributed by atoms with Crippen molar-refractivity contribution < 1.29 is 27.5 Å². The van der Waals surface area contributed by atoms with Crippen molar-refractivity contribution in [2.45, 2.75) is 24.8 Å². The Labute approximate surface area is 259 Å². The first kappa shape index (κ1) is 30.9. The summed E-state index contributed by atoms with van der Waals surface area (Å²) in [6.45, 7) is 2.38. The molecular formula is C31H25ClF3N5O3S. The van der Waals surface area contributed by atoms with Gasteiger partial charge in [0.2, 0.25) is 5.91 Å². The Morgan fingerprint density at radius 3 is 2.48 bits per heavy atom. The van der Waals surface area contributed by atoms with E-state index in [0.717, 1.165) is 40.7 Å². The zero-order chi connectivity index (χ0) is 31.3. The number of thioether (sulfide) groups is 1. The van der Waals surface area contributed by atoms with Crippen LogP contribution in [-0.2, 0) is 17.5 Å². The van der Waals surface area contributed by atoms with Gasteiger partial charge in [-0.25, -0.2) is 0 Å². The van der Waals surface area contributed by atoms with Crippen molar-refractivity contribution in [2.24, 2.45) is 0 Å². The third-order valence-electron chi connectivity index (χ3n) is 6.45. The predicted molar refractivity (Wildman–Crippen MR) is 163 cm³/mol. The van der Waals surface area contributed by atoms with Gasteiger partial charge in [0.05, 0.1) is 35.2 Å². The maximum absolute atomic E-state index is 13.2. The maximum atomic E-state index is 13.2. The summed E-state index contributed by atoms with van der Waals surface area (Å²) in [6, 6.07) is 22.9. The van der Waals surface area contributed by atoms with E-state index in [0.29, 0.717) is 34.6 Å². The molecule has 1 aromatic heterocycles. The first-order valence-electron chi connectivity index (χ1n) is 13.4. The number of carbonyl (C=O) groups excluding carboxylic acids is 2. The van der Waals surface area contributed by atoms with Crippen LogP contribution < -0.4 is 15.4 Å². The summed E-state index contributed by atoms with van der Waals surface area (Å²) < 4.78 is 46.7. The number of nitrogens with zero attached hydrogens (tertiary/aromatic N) is 3. The molecule has 0 aliphatic heterocycles. The summed E-state index contributed by atoms with van der Waals surface area (Å²) in [4.78, 5) is 25.9. The van der Waals surface area contributed by atoms with Gasteiger partial charge in [0, 0.05) is 11.3 Å². The topological polar surface area (TPSA) is 98.1 Å². The summed E-state index contributed by atoms with van der Waals surface area (Å²) in [5, 5.41) is 15.9. The van der Waals surface area contributed by atoms with E-state index in [-0.39, 0.29) is 28.9 Å². The van der Waals surface area contributed by atoms with Crippen LogP contribution in [0, 0.1) is 0 Å². The van der Waals surface area contributed by atoms with Gasteiger partial charge in [0.25, 0.3) is 5.91 Å². The zero-order valence-corrected chi connectivity index (χ0v) is 24.8.